The lowest BCUT2D eigenvalue weighted by Gasteiger charge is -2.12. The first kappa shape index (κ1) is 15.5. The van der Waals surface area contributed by atoms with E-state index in [1.54, 1.807) is 18.2 Å². The van der Waals surface area contributed by atoms with Crippen LogP contribution in [0.2, 0.25) is 0 Å². The first-order chi connectivity index (χ1) is 10.6. The van der Waals surface area contributed by atoms with Gasteiger partial charge in [0.1, 0.15) is 11.7 Å². The maximum atomic E-state index is 12.9. The lowest BCUT2D eigenvalue weighted by atomic mass is 9.91. The van der Waals surface area contributed by atoms with Crippen LogP contribution in [0.4, 0.5) is 4.39 Å². The molecule has 0 spiro atoms. The summed E-state index contributed by atoms with van der Waals surface area (Å²) in [6.07, 6.45) is 0. The van der Waals surface area contributed by atoms with Gasteiger partial charge in [0.05, 0.1) is 20.3 Å². The van der Waals surface area contributed by atoms with Gasteiger partial charge in [0.2, 0.25) is 0 Å². The Morgan fingerprint density at radius 1 is 1.09 bits per heavy atom. The maximum Gasteiger partial charge on any atom is 0.184 e. The van der Waals surface area contributed by atoms with Crippen molar-refractivity contribution >= 4 is 5.78 Å². The highest BCUT2D eigenvalue weighted by Gasteiger charge is 2.23. The van der Waals surface area contributed by atoms with Crippen LogP contribution < -0.4 is 9.47 Å². The van der Waals surface area contributed by atoms with Crippen LogP contribution in [0.5, 0.6) is 11.5 Å². The fraction of sp³-hybridized carbons (Fsp3) is 0.176. The normalized spacial score (nSPS) is 11.4. The predicted molar refractivity (Wildman–Crippen MR) is 78.6 cm³/mol. The predicted octanol–water partition coefficient (Wildman–Crippen LogP) is 3.33. The van der Waals surface area contributed by atoms with Gasteiger partial charge < -0.3 is 9.47 Å². The Morgan fingerprint density at radius 3 is 2.27 bits per heavy atom. The van der Waals surface area contributed by atoms with E-state index < -0.39 is 17.5 Å². The summed E-state index contributed by atoms with van der Waals surface area (Å²) in [6, 6.07) is 12.0. The van der Waals surface area contributed by atoms with E-state index in [-0.39, 0.29) is 5.56 Å². The van der Waals surface area contributed by atoms with E-state index in [9.17, 15) is 14.4 Å². The molecular formula is C17H14FNO3. The lowest BCUT2D eigenvalue weighted by Crippen LogP contribution is -2.11. The van der Waals surface area contributed by atoms with Crippen molar-refractivity contribution in [2.45, 2.75) is 5.92 Å². The fourth-order valence-electron chi connectivity index (χ4n) is 2.10. The molecule has 0 N–H and O–H groups in total. The summed E-state index contributed by atoms with van der Waals surface area (Å²) in [5.41, 5.74) is 0.775. The summed E-state index contributed by atoms with van der Waals surface area (Å²) in [6.45, 7) is 0. The third kappa shape index (κ3) is 3.07. The number of halogens is 1. The van der Waals surface area contributed by atoms with Crippen LogP contribution >= 0.6 is 0 Å². The molecule has 2 aromatic rings. The fourth-order valence-corrected chi connectivity index (χ4v) is 2.10. The van der Waals surface area contributed by atoms with E-state index in [1.165, 1.54) is 38.5 Å². The third-order valence-electron chi connectivity index (χ3n) is 3.26. The molecule has 4 nitrogen and oxygen atoms in total. The average molecular weight is 299 g/mol. The summed E-state index contributed by atoms with van der Waals surface area (Å²) < 4.78 is 23.2. The van der Waals surface area contributed by atoms with Gasteiger partial charge in [0.15, 0.2) is 17.3 Å². The van der Waals surface area contributed by atoms with Crippen LogP contribution in [0.1, 0.15) is 21.8 Å². The van der Waals surface area contributed by atoms with Gasteiger partial charge in [-0.1, -0.05) is 6.07 Å². The highest BCUT2D eigenvalue weighted by atomic mass is 19.1. The Hall–Kier alpha value is -2.87. The van der Waals surface area contributed by atoms with Crippen LogP contribution in [0, 0.1) is 17.1 Å². The van der Waals surface area contributed by atoms with Crippen molar-refractivity contribution in [1.82, 2.24) is 0 Å². The minimum Gasteiger partial charge on any atom is -0.493 e. The van der Waals surface area contributed by atoms with Gasteiger partial charge in [-0.25, -0.2) is 4.39 Å². The quantitative estimate of drug-likeness (QED) is 0.795. The number of rotatable bonds is 5. The molecule has 22 heavy (non-hydrogen) atoms. The summed E-state index contributed by atoms with van der Waals surface area (Å²) in [7, 11) is 2.98. The van der Waals surface area contributed by atoms with Crippen molar-refractivity contribution in [3.63, 3.8) is 0 Å². The van der Waals surface area contributed by atoms with Gasteiger partial charge in [-0.15, -0.1) is 0 Å². The van der Waals surface area contributed by atoms with Gasteiger partial charge >= 0.3 is 0 Å². The van der Waals surface area contributed by atoms with Gasteiger partial charge in [-0.2, -0.15) is 5.26 Å². The molecule has 0 heterocycles. The Morgan fingerprint density at radius 2 is 1.73 bits per heavy atom. The molecular weight excluding hydrogens is 285 g/mol. The van der Waals surface area contributed by atoms with Crippen molar-refractivity contribution in [2.24, 2.45) is 0 Å². The highest BCUT2D eigenvalue weighted by molar-refractivity contribution is 6.02. The number of ether oxygens (including phenoxy) is 2. The molecule has 1 atom stereocenters. The summed E-state index contributed by atoms with van der Waals surface area (Å²) in [5.74, 6) is -0.875. The number of nitriles is 1. The molecule has 2 aromatic carbocycles. The third-order valence-corrected chi connectivity index (χ3v) is 3.26. The second kappa shape index (κ2) is 6.72. The number of Topliss-reactive ketones (excluding diaryl/α,β-unsaturated/α-hetero) is 1. The second-order valence-corrected chi connectivity index (χ2v) is 4.55. The molecule has 2 rings (SSSR count). The van der Waals surface area contributed by atoms with Gasteiger partial charge in [0, 0.05) is 5.56 Å². The first-order valence-corrected chi connectivity index (χ1v) is 6.52. The number of hydrogen-bond acceptors (Lipinski definition) is 4. The highest BCUT2D eigenvalue weighted by Crippen LogP contribution is 2.31. The van der Waals surface area contributed by atoms with Crippen molar-refractivity contribution < 1.29 is 18.7 Å². The molecule has 0 bridgehead atoms. The van der Waals surface area contributed by atoms with Crippen molar-refractivity contribution in [1.29, 1.82) is 5.26 Å². The minimum absolute atomic E-state index is 0.280. The van der Waals surface area contributed by atoms with Gasteiger partial charge in [-0.3, -0.25) is 4.79 Å². The van der Waals surface area contributed by atoms with Crippen molar-refractivity contribution in [3.8, 4) is 17.6 Å². The van der Waals surface area contributed by atoms with Gasteiger partial charge in [-0.05, 0) is 42.0 Å². The van der Waals surface area contributed by atoms with Crippen molar-refractivity contribution in [3.05, 3.63) is 59.4 Å². The standard InChI is InChI=1S/C17H14FNO3/c1-21-15-8-5-12(9-16(15)22-2)14(10-19)17(20)11-3-6-13(18)7-4-11/h3-9,14H,1-2H3. The Labute approximate surface area is 127 Å². The van der Waals surface area contributed by atoms with Crippen LogP contribution in [0.15, 0.2) is 42.5 Å². The zero-order chi connectivity index (χ0) is 16.1. The van der Waals surface area contributed by atoms with Crippen LogP contribution in [0.3, 0.4) is 0 Å². The molecule has 112 valence electrons. The number of methoxy groups -OCH3 is 2. The number of carbonyl (C=O) groups is 1. The van der Waals surface area contributed by atoms with E-state index >= 15 is 0 Å². The van der Waals surface area contributed by atoms with Gasteiger partial charge in [0.25, 0.3) is 0 Å². The number of carbonyl (C=O) groups excluding carboxylic acids is 1. The minimum atomic E-state index is -0.995. The van der Waals surface area contributed by atoms with Crippen LogP contribution in [0.25, 0.3) is 0 Å². The maximum absolute atomic E-state index is 12.9. The number of hydrogen-bond donors (Lipinski definition) is 0. The summed E-state index contributed by atoms with van der Waals surface area (Å²) in [5, 5.41) is 9.34. The topological polar surface area (TPSA) is 59.3 Å². The van der Waals surface area contributed by atoms with E-state index in [1.807, 2.05) is 6.07 Å². The zero-order valence-electron chi connectivity index (χ0n) is 12.2. The largest absolute Gasteiger partial charge is 0.493 e. The molecule has 0 amide bonds. The molecule has 0 aliphatic heterocycles. The molecule has 0 radical (unpaired) electrons. The smallest absolute Gasteiger partial charge is 0.184 e. The van der Waals surface area contributed by atoms with E-state index in [0.717, 1.165) is 0 Å². The molecule has 0 aliphatic carbocycles. The Bertz CT molecular complexity index is 720. The molecule has 0 saturated heterocycles. The molecule has 0 fully saturated rings. The number of nitrogens with zero attached hydrogens (tertiary/aromatic N) is 1. The summed E-state index contributed by atoms with van der Waals surface area (Å²) >= 11 is 0. The summed E-state index contributed by atoms with van der Waals surface area (Å²) in [4.78, 5) is 12.4. The lowest BCUT2D eigenvalue weighted by molar-refractivity contribution is 0.0978. The SMILES string of the molecule is COc1ccc(C(C#N)C(=O)c2ccc(F)cc2)cc1OC. The van der Waals surface area contributed by atoms with E-state index in [0.29, 0.717) is 17.1 Å². The van der Waals surface area contributed by atoms with Crippen molar-refractivity contribution in [2.75, 3.05) is 14.2 Å². The average Bonchev–Trinajstić information content (AvgIpc) is 2.55. The molecule has 5 heteroatoms. The second-order valence-electron chi connectivity index (χ2n) is 4.55. The number of benzene rings is 2. The number of ketones is 1. The van der Waals surface area contributed by atoms with E-state index in [4.69, 9.17) is 9.47 Å². The molecule has 0 aromatic heterocycles. The first-order valence-electron chi connectivity index (χ1n) is 6.52. The molecule has 1 unspecified atom stereocenters. The van der Waals surface area contributed by atoms with E-state index in [2.05, 4.69) is 0 Å². The zero-order valence-corrected chi connectivity index (χ0v) is 12.2. The molecule has 0 aliphatic rings. The van der Waals surface area contributed by atoms with Crippen LogP contribution in [-0.2, 0) is 0 Å². The van der Waals surface area contributed by atoms with Crippen LogP contribution in [-0.4, -0.2) is 20.0 Å². The monoisotopic (exact) mass is 299 g/mol. The Balaban J connectivity index is 2.38. The Kier molecular flexibility index (Phi) is 4.74. The molecule has 0 saturated carbocycles.